The van der Waals surface area contributed by atoms with Crippen LogP contribution in [0.3, 0.4) is 0 Å². The Labute approximate surface area is 217 Å². The van der Waals surface area contributed by atoms with Crippen LogP contribution in [0.2, 0.25) is 63.5 Å². The number of hydrogen-bond acceptors (Lipinski definition) is 8. The normalized spacial score (nSPS) is 58.6. The summed E-state index contributed by atoms with van der Waals surface area (Å²) in [6.45, 7) is 17.5. The number of hydrogen-bond donors (Lipinski definition) is 0. The van der Waals surface area contributed by atoms with Crippen molar-refractivity contribution in [3.05, 3.63) is 0 Å². The average Bonchev–Trinajstić information content (AvgIpc) is 3.37. The highest BCUT2D eigenvalue weighted by Crippen LogP contribution is 2.68. The maximum absolute atomic E-state index is 6.80. The third-order valence-corrected chi connectivity index (χ3v) is 38.0. The lowest BCUT2D eigenvalue weighted by Gasteiger charge is -2.45. The molecule has 34 heavy (non-hydrogen) atoms. The molecule has 0 aromatic rings. The molecule has 16 heteroatoms. The molecule has 10 unspecified atom stereocenters. The van der Waals surface area contributed by atoms with Crippen molar-refractivity contribution < 1.29 is 32.9 Å². The van der Waals surface area contributed by atoms with Crippen LogP contribution in [0.1, 0.15) is 25.7 Å². The van der Waals surface area contributed by atoms with Crippen LogP contribution in [0.15, 0.2) is 0 Å². The molecule has 5 fully saturated rings. The van der Waals surface area contributed by atoms with Crippen LogP contribution >= 0.6 is 0 Å². The van der Waals surface area contributed by atoms with Gasteiger partial charge in [-0.2, -0.15) is 0 Å². The highest BCUT2D eigenvalue weighted by Gasteiger charge is 2.65. The summed E-state index contributed by atoms with van der Waals surface area (Å²) in [5, 5.41) is 0. The van der Waals surface area contributed by atoms with Crippen molar-refractivity contribution in [2.45, 2.75) is 89.1 Å². The van der Waals surface area contributed by atoms with Gasteiger partial charge in [0.25, 0.3) is 55.7 Å². The Bertz CT molecular complexity index is 727. The molecule has 10 atom stereocenters. The number of fused-ring (bicyclic) bond motifs is 5. The van der Waals surface area contributed by atoms with Crippen molar-refractivity contribution in [3.63, 3.8) is 0 Å². The van der Waals surface area contributed by atoms with Crippen LogP contribution in [0, 0.1) is 23.7 Å². The Hall–Kier alpha value is 1.42. The Morgan fingerprint density at radius 1 is 0.500 bits per heavy atom. The van der Waals surface area contributed by atoms with E-state index in [9.17, 15) is 0 Å². The van der Waals surface area contributed by atoms with Gasteiger partial charge in [-0.3, -0.25) is 0 Å². The van der Waals surface area contributed by atoms with Gasteiger partial charge in [-0.1, -0.05) is 0 Å². The van der Waals surface area contributed by atoms with Gasteiger partial charge in [0.2, 0.25) is 0 Å². The van der Waals surface area contributed by atoms with Crippen molar-refractivity contribution in [1.82, 2.24) is 0 Å². The van der Waals surface area contributed by atoms with E-state index in [1.165, 1.54) is 25.7 Å². The molecule has 0 N–H and O–H groups in total. The summed E-state index contributed by atoms with van der Waals surface area (Å²) in [5.74, 6) is 3.08. The van der Waals surface area contributed by atoms with Gasteiger partial charge < -0.3 is 32.9 Å². The highest BCUT2D eigenvalue weighted by atomic mass is 28.5. The van der Waals surface area contributed by atoms with E-state index in [0.29, 0.717) is 17.0 Å². The maximum Gasteiger partial charge on any atom is 0.320 e. The summed E-state index contributed by atoms with van der Waals surface area (Å²) < 4.78 is 52.0. The van der Waals surface area contributed by atoms with Crippen molar-refractivity contribution in [2.24, 2.45) is 23.7 Å². The topological polar surface area (TPSA) is 73.8 Å². The highest BCUT2D eigenvalue weighted by molar-refractivity contribution is 6.83. The van der Waals surface area contributed by atoms with Crippen LogP contribution in [-0.4, -0.2) is 72.8 Å². The van der Waals surface area contributed by atoms with Crippen LogP contribution in [0.4, 0.5) is 0 Å². The largest absolute Gasteiger partial charge is 0.420 e. The van der Waals surface area contributed by atoms with E-state index in [-0.39, 0.29) is 0 Å². The van der Waals surface area contributed by atoms with Gasteiger partial charge in [-0.25, -0.2) is 0 Å². The molecular weight excluding hydrogens is 569 g/mol. The van der Waals surface area contributed by atoms with Crippen LogP contribution in [-0.2, 0) is 32.9 Å². The third kappa shape index (κ3) is 5.30. The Morgan fingerprint density at radius 2 is 0.941 bits per heavy atom. The molecule has 5 aliphatic rings. The lowest BCUT2D eigenvalue weighted by molar-refractivity contribution is 0.209. The molecular formula is C18H44O8Si8. The average molecular weight is 613 g/mol. The fourth-order valence-corrected chi connectivity index (χ4v) is 39.5. The van der Waals surface area contributed by atoms with Gasteiger partial charge in [0.05, 0.1) is 0 Å². The molecule has 5 rings (SSSR count). The van der Waals surface area contributed by atoms with Crippen LogP contribution in [0.25, 0.3) is 0 Å². The first-order chi connectivity index (χ1) is 16.0. The van der Waals surface area contributed by atoms with E-state index in [2.05, 4.69) is 52.4 Å². The molecule has 2 aliphatic heterocycles. The fourth-order valence-electron chi connectivity index (χ4n) is 8.10. The lowest BCUT2D eigenvalue weighted by atomic mass is 9.81. The van der Waals surface area contributed by atoms with Gasteiger partial charge in [0.1, 0.15) is 0 Å². The molecule has 3 saturated carbocycles. The Balaban J connectivity index is 1.31. The van der Waals surface area contributed by atoms with E-state index in [1.807, 2.05) is 0 Å². The predicted molar refractivity (Wildman–Crippen MR) is 150 cm³/mol. The minimum absolute atomic E-state index is 0.549. The molecule has 2 heterocycles. The zero-order chi connectivity index (χ0) is 24.4. The van der Waals surface area contributed by atoms with E-state index in [0.717, 1.165) is 17.8 Å². The summed E-state index contributed by atoms with van der Waals surface area (Å²) in [5.41, 5.74) is 1.12. The first-order valence-electron chi connectivity index (χ1n) is 13.3. The molecule has 2 saturated heterocycles. The molecule has 0 aromatic heterocycles. The molecule has 196 valence electrons. The quantitative estimate of drug-likeness (QED) is 0.440. The first kappa shape index (κ1) is 27.0. The summed E-state index contributed by atoms with van der Waals surface area (Å²) in [6, 6.07) is 0. The summed E-state index contributed by atoms with van der Waals surface area (Å²) in [7, 11) is -14.8. The molecule has 0 radical (unpaired) electrons. The second-order valence-electron chi connectivity index (χ2n) is 11.5. The fraction of sp³-hybridized carbons (Fsp3) is 1.00. The zero-order valence-electron chi connectivity index (χ0n) is 22.0. The summed E-state index contributed by atoms with van der Waals surface area (Å²) in [4.78, 5) is 0. The molecule has 0 spiro atoms. The van der Waals surface area contributed by atoms with E-state index < -0.39 is 72.8 Å². The second kappa shape index (κ2) is 10.2. The van der Waals surface area contributed by atoms with Crippen molar-refractivity contribution in [1.29, 1.82) is 0 Å². The molecule has 2 bridgehead atoms. The van der Waals surface area contributed by atoms with Gasteiger partial charge >= 0.3 is 17.1 Å². The first-order valence-corrected chi connectivity index (χ1v) is 30.7. The van der Waals surface area contributed by atoms with Crippen molar-refractivity contribution in [2.75, 3.05) is 0 Å². The van der Waals surface area contributed by atoms with Gasteiger partial charge in [-0.05, 0) is 102 Å². The molecule has 3 aliphatic carbocycles. The Morgan fingerprint density at radius 3 is 1.44 bits per heavy atom. The van der Waals surface area contributed by atoms with E-state index >= 15 is 0 Å². The summed E-state index contributed by atoms with van der Waals surface area (Å²) >= 11 is 0. The van der Waals surface area contributed by atoms with E-state index in [4.69, 9.17) is 32.9 Å². The van der Waals surface area contributed by atoms with Gasteiger partial charge in [-0.15, -0.1) is 0 Å². The van der Waals surface area contributed by atoms with Crippen LogP contribution < -0.4 is 0 Å². The predicted octanol–water partition coefficient (Wildman–Crippen LogP) is 2.20. The van der Waals surface area contributed by atoms with Crippen LogP contribution in [0.5, 0.6) is 0 Å². The molecule has 8 nitrogen and oxygen atoms in total. The maximum atomic E-state index is 6.80. The van der Waals surface area contributed by atoms with E-state index in [1.54, 1.807) is 0 Å². The standard InChI is InChI=1S/C18H44O8Si8/c1-27-19-29(3)23-33(7,24-30(4)20-27)14-11-15-13-9-17(16(15)12-14)18(10-13)34(8)25-31(5)21-28(2)22-32(6)26-34/h13-18,27-32H,9-12H2,1-8H3. The third-order valence-electron chi connectivity index (χ3n) is 9.02. The molecule has 0 aromatic carbocycles. The second-order valence-corrected chi connectivity index (χ2v) is 32.0. The lowest BCUT2D eigenvalue weighted by Crippen LogP contribution is -2.57. The van der Waals surface area contributed by atoms with Gasteiger partial charge in [0.15, 0.2) is 0 Å². The minimum Gasteiger partial charge on any atom is -0.420 e. The smallest absolute Gasteiger partial charge is 0.320 e. The van der Waals surface area contributed by atoms with Gasteiger partial charge in [0, 0.05) is 11.1 Å². The number of rotatable bonds is 2. The molecule has 0 amide bonds. The monoisotopic (exact) mass is 612 g/mol. The summed E-state index contributed by atoms with van der Waals surface area (Å²) in [6.07, 6.45) is 5.12. The Kier molecular flexibility index (Phi) is 8.09. The van der Waals surface area contributed by atoms with Crippen molar-refractivity contribution >= 4 is 72.8 Å². The zero-order valence-corrected chi connectivity index (χ0v) is 31.0. The SMILES string of the molecule is C[SiH]1O[SiH](C)O[Si](C)(C2CC3C4CC(C3C2)C([Si]2(C)O[SiH](C)O[SiH](C)O[SiH](C)O2)C4)O[SiH](C)O1. The minimum atomic E-state index is -2.36. The van der Waals surface area contributed by atoms with Crippen molar-refractivity contribution in [3.8, 4) is 0 Å².